The Bertz CT molecular complexity index is 1180. The number of likely N-dealkylation sites (N-methyl/N-ethyl adjacent to an activating group) is 1. The van der Waals surface area contributed by atoms with Gasteiger partial charge in [-0.15, -0.1) is 11.3 Å². The van der Waals surface area contributed by atoms with E-state index in [0.717, 1.165) is 79.6 Å². The third-order valence-corrected chi connectivity index (χ3v) is 7.87. The van der Waals surface area contributed by atoms with Gasteiger partial charge >= 0.3 is 0 Å². The van der Waals surface area contributed by atoms with Gasteiger partial charge in [-0.1, -0.05) is 0 Å². The number of hydrogen-bond acceptors (Lipinski definition) is 8. The number of fused-ring (bicyclic) bond motifs is 3. The monoisotopic (exact) mass is 469 g/mol. The minimum atomic E-state index is 0.115. The van der Waals surface area contributed by atoms with E-state index in [1.165, 1.54) is 10.4 Å². The molecule has 0 atom stereocenters. The molecule has 3 aromatic rings. The van der Waals surface area contributed by atoms with E-state index < -0.39 is 0 Å². The second-order valence-electron chi connectivity index (χ2n) is 8.81. The second kappa shape index (κ2) is 9.32. The summed E-state index contributed by atoms with van der Waals surface area (Å²) in [5.74, 6) is 1.60. The van der Waals surface area contributed by atoms with Gasteiger partial charge in [-0.3, -0.25) is 14.3 Å². The van der Waals surface area contributed by atoms with Gasteiger partial charge in [0.2, 0.25) is 0 Å². The van der Waals surface area contributed by atoms with E-state index in [-0.39, 0.29) is 5.56 Å². The lowest BCUT2D eigenvalue weighted by Crippen LogP contribution is -2.47. The van der Waals surface area contributed by atoms with Gasteiger partial charge in [0.05, 0.1) is 25.9 Å². The number of aromatic nitrogens is 2. The third-order valence-electron chi connectivity index (χ3n) is 6.75. The SMILES string of the molecule is COc1cc(OC)cc(N2CCN(CCn3cnc4sc5c(c4c3=O)CCN(C)C5)CC2)c1. The van der Waals surface area contributed by atoms with Crippen molar-refractivity contribution in [2.75, 3.05) is 65.4 Å². The minimum absolute atomic E-state index is 0.115. The van der Waals surface area contributed by atoms with Crippen molar-refractivity contribution in [3.8, 4) is 11.5 Å². The molecular formula is C24H31N5O3S. The predicted molar refractivity (Wildman–Crippen MR) is 132 cm³/mol. The molecule has 33 heavy (non-hydrogen) atoms. The van der Waals surface area contributed by atoms with Crippen LogP contribution in [0.2, 0.25) is 0 Å². The van der Waals surface area contributed by atoms with Gasteiger partial charge in [-0.2, -0.15) is 0 Å². The van der Waals surface area contributed by atoms with Gasteiger partial charge in [0.15, 0.2) is 0 Å². The summed E-state index contributed by atoms with van der Waals surface area (Å²) in [6, 6.07) is 6.00. The maximum atomic E-state index is 13.2. The number of nitrogens with zero attached hydrogens (tertiary/aromatic N) is 5. The normalized spacial score (nSPS) is 17.4. The zero-order chi connectivity index (χ0) is 22.9. The van der Waals surface area contributed by atoms with E-state index in [4.69, 9.17) is 9.47 Å². The van der Waals surface area contributed by atoms with Crippen LogP contribution in [-0.4, -0.2) is 79.9 Å². The molecule has 2 aliphatic rings. The van der Waals surface area contributed by atoms with Gasteiger partial charge in [-0.25, -0.2) is 4.98 Å². The van der Waals surface area contributed by atoms with E-state index in [1.807, 2.05) is 6.07 Å². The molecule has 1 fully saturated rings. The molecule has 0 radical (unpaired) electrons. The van der Waals surface area contributed by atoms with Crippen LogP contribution in [0.15, 0.2) is 29.3 Å². The number of piperazine rings is 1. The average Bonchev–Trinajstić information content (AvgIpc) is 3.21. The first-order valence-corrected chi connectivity index (χ1v) is 12.3. The van der Waals surface area contributed by atoms with Crippen LogP contribution in [-0.2, 0) is 19.5 Å². The fourth-order valence-electron chi connectivity index (χ4n) is 4.76. The molecule has 176 valence electrons. The van der Waals surface area contributed by atoms with Crippen LogP contribution in [0.4, 0.5) is 5.69 Å². The third kappa shape index (κ3) is 4.45. The van der Waals surface area contributed by atoms with E-state index in [2.05, 4.69) is 38.9 Å². The van der Waals surface area contributed by atoms with Crippen molar-refractivity contribution in [1.29, 1.82) is 0 Å². The molecule has 2 aliphatic heterocycles. The number of hydrogen-bond donors (Lipinski definition) is 0. The lowest BCUT2D eigenvalue weighted by molar-refractivity contribution is 0.247. The number of methoxy groups -OCH3 is 2. The second-order valence-corrected chi connectivity index (χ2v) is 9.90. The van der Waals surface area contributed by atoms with Gasteiger partial charge in [0, 0.05) is 81.1 Å². The smallest absolute Gasteiger partial charge is 0.262 e. The first-order chi connectivity index (χ1) is 16.1. The van der Waals surface area contributed by atoms with E-state index >= 15 is 0 Å². The average molecular weight is 470 g/mol. The molecule has 5 rings (SSSR count). The fourth-order valence-corrected chi connectivity index (χ4v) is 6.02. The summed E-state index contributed by atoms with van der Waals surface area (Å²) in [4.78, 5) is 27.1. The zero-order valence-electron chi connectivity index (χ0n) is 19.5. The van der Waals surface area contributed by atoms with Crippen molar-refractivity contribution in [1.82, 2.24) is 19.4 Å². The fraction of sp³-hybridized carbons (Fsp3) is 0.500. The van der Waals surface area contributed by atoms with Crippen LogP contribution in [0.1, 0.15) is 10.4 Å². The van der Waals surface area contributed by atoms with Crippen molar-refractivity contribution >= 4 is 27.2 Å². The van der Waals surface area contributed by atoms with Crippen LogP contribution >= 0.6 is 11.3 Å². The van der Waals surface area contributed by atoms with Gasteiger partial charge in [-0.05, 0) is 19.0 Å². The zero-order valence-corrected chi connectivity index (χ0v) is 20.4. The summed E-state index contributed by atoms with van der Waals surface area (Å²) < 4.78 is 12.6. The van der Waals surface area contributed by atoms with Gasteiger partial charge < -0.3 is 19.3 Å². The standard InChI is InChI=1S/C24H31N5O3S/c1-26-5-4-20-21(15-26)33-23-22(20)24(30)29(16-25-23)11-8-27-6-9-28(10-7-27)17-12-18(31-2)14-19(13-17)32-3/h12-14,16H,4-11,15H2,1-3H3. The predicted octanol–water partition coefficient (Wildman–Crippen LogP) is 2.29. The molecule has 9 heteroatoms. The lowest BCUT2D eigenvalue weighted by Gasteiger charge is -2.36. The molecule has 0 N–H and O–H groups in total. The Morgan fingerprint density at radius 1 is 1.00 bits per heavy atom. The molecule has 0 unspecified atom stereocenters. The highest BCUT2D eigenvalue weighted by molar-refractivity contribution is 7.18. The number of anilines is 1. The molecule has 0 saturated carbocycles. The maximum absolute atomic E-state index is 13.2. The molecule has 8 nitrogen and oxygen atoms in total. The van der Waals surface area contributed by atoms with Crippen LogP contribution in [0, 0.1) is 0 Å². The van der Waals surface area contributed by atoms with Crippen LogP contribution < -0.4 is 19.9 Å². The molecular weight excluding hydrogens is 438 g/mol. The molecule has 0 amide bonds. The maximum Gasteiger partial charge on any atom is 0.262 e. The van der Waals surface area contributed by atoms with E-state index in [0.29, 0.717) is 6.54 Å². The summed E-state index contributed by atoms with van der Waals surface area (Å²) in [5.41, 5.74) is 2.45. The number of thiophene rings is 1. The summed E-state index contributed by atoms with van der Waals surface area (Å²) in [5, 5.41) is 0.849. The van der Waals surface area contributed by atoms with Crippen molar-refractivity contribution in [2.24, 2.45) is 0 Å². The Balaban J connectivity index is 1.24. The van der Waals surface area contributed by atoms with Crippen LogP contribution in [0.5, 0.6) is 11.5 Å². The highest BCUT2D eigenvalue weighted by atomic mass is 32.1. The summed E-state index contributed by atoms with van der Waals surface area (Å²) in [7, 11) is 5.48. The Morgan fingerprint density at radius 3 is 2.42 bits per heavy atom. The molecule has 1 saturated heterocycles. The first-order valence-electron chi connectivity index (χ1n) is 11.4. The minimum Gasteiger partial charge on any atom is -0.497 e. The Hall–Kier alpha value is -2.62. The van der Waals surface area contributed by atoms with Crippen molar-refractivity contribution in [2.45, 2.75) is 19.5 Å². The molecule has 0 bridgehead atoms. The highest BCUT2D eigenvalue weighted by Gasteiger charge is 2.23. The van der Waals surface area contributed by atoms with Crippen molar-refractivity contribution < 1.29 is 9.47 Å². The number of ether oxygens (including phenoxy) is 2. The van der Waals surface area contributed by atoms with E-state index in [9.17, 15) is 4.79 Å². The largest absolute Gasteiger partial charge is 0.497 e. The number of benzene rings is 1. The topological polar surface area (TPSA) is 63.1 Å². The summed E-state index contributed by atoms with van der Waals surface area (Å²) in [6.07, 6.45) is 2.67. The first kappa shape index (κ1) is 22.2. The quantitative estimate of drug-likeness (QED) is 0.549. The molecule has 2 aromatic heterocycles. The van der Waals surface area contributed by atoms with Crippen molar-refractivity contribution in [3.63, 3.8) is 0 Å². The summed E-state index contributed by atoms with van der Waals surface area (Å²) >= 11 is 1.68. The molecule has 0 spiro atoms. The van der Waals surface area contributed by atoms with Gasteiger partial charge in [0.25, 0.3) is 5.56 Å². The highest BCUT2D eigenvalue weighted by Crippen LogP contribution is 2.32. The van der Waals surface area contributed by atoms with Crippen LogP contribution in [0.3, 0.4) is 0 Å². The van der Waals surface area contributed by atoms with Crippen LogP contribution in [0.25, 0.3) is 10.2 Å². The molecule has 0 aliphatic carbocycles. The summed E-state index contributed by atoms with van der Waals surface area (Å²) in [6.45, 7) is 7.17. The Kier molecular flexibility index (Phi) is 6.27. The number of rotatable bonds is 6. The lowest BCUT2D eigenvalue weighted by atomic mass is 10.1. The van der Waals surface area contributed by atoms with Crippen molar-refractivity contribution in [3.05, 3.63) is 45.3 Å². The molecule has 4 heterocycles. The Labute approximate surface area is 197 Å². The van der Waals surface area contributed by atoms with Gasteiger partial charge in [0.1, 0.15) is 16.3 Å². The van der Waals surface area contributed by atoms with E-state index in [1.54, 1.807) is 36.5 Å². The molecule has 1 aromatic carbocycles. The Morgan fingerprint density at radius 2 is 1.73 bits per heavy atom.